The van der Waals surface area contributed by atoms with E-state index in [1.54, 1.807) is 0 Å². The van der Waals surface area contributed by atoms with Crippen molar-refractivity contribution in [3.05, 3.63) is 47.5 Å². The molecule has 0 bridgehead atoms. The van der Waals surface area contributed by atoms with Crippen LogP contribution in [0.5, 0.6) is 0 Å². The van der Waals surface area contributed by atoms with E-state index in [0.29, 0.717) is 0 Å². The zero-order valence-electron chi connectivity index (χ0n) is 8.58. The zero-order chi connectivity index (χ0) is 10.4. The first kappa shape index (κ1) is 10.9. The van der Waals surface area contributed by atoms with E-state index >= 15 is 0 Å². The number of nitrogens with one attached hydrogen (secondary N) is 1. The van der Waals surface area contributed by atoms with Crippen LogP contribution in [0.1, 0.15) is 19.4 Å². The summed E-state index contributed by atoms with van der Waals surface area (Å²) < 4.78 is 0. The minimum atomic E-state index is 0.796. The second kappa shape index (κ2) is 5.55. The Hall–Kier alpha value is -1.15. The molecule has 1 rings (SSSR count). The minimum Gasteiger partial charge on any atom is -0.372 e. The van der Waals surface area contributed by atoms with Gasteiger partial charge in [0.25, 0.3) is 0 Å². The topological polar surface area (TPSA) is 12.0 Å². The van der Waals surface area contributed by atoms with Crippen molar-refractivity contribution in [2.45, 2.75) is 20.4 Å². The number of benzene rings is 1. The minimum absolute atomic E-state index is 0.796. The summed E-state index contributed by atoms with van der Waals surface area (Å²) in [5, 5.41) is 3.21. The van der Waals surface area contributed by atoms with Crippen molar-refractivity contribution in [2.24, 2.45) is 0 Å². The van der Waals surface area contributed by atoms with Crippen LogP contribution in [0.3, 0.4) is 0 Å². The maximum absolute atomic E-state index is 5.20. The van der Waals surface area contributed by atoms with E-state index in [0.717, 1.165) is 17.1 Å². The maximum atomic E-state index is 5.20. The number of allylic oxidation sites excluding steroid dienone is 1. The smallest absolute Gasteiger partial charge is 0.102 e. The standard InChI is InChI=1S/C12H15NS/c1-3-10(2)12(14)13-9-11-7-5-4-6-8-11/h3-8H,9H2,1-2H3,(H,13,14)/b10-3+. The van der Waals surface area contributed by atoms with Gasteiger partial charge in [-0.1, -0.05) is 48.6 Å². The van der Waals surface area contributed by atoms with Crippen LogP contribution in [-0.4, -0.2) is 4.99 Å². The highest BCUT2D eigenvalue weighted by atomic mass is 32.1. The average molecular weight is 205 g/mol. The van der Waals surface area contributed by atoms with Gasteiger partial charge < -0.3 is 5.32 Å². The Morgan fingerprint density at radius 1 is 1.36 bits per heavy atom. The molecule has 14 heavy (non-hydrogen) atoms. The molecule has 0 saturated carbocycles. The number of hydrogen-bond acceptors (Lipinski definition) is 1. The van der Waals surface area contributed by atoms with Gasteiger partial charge in [0.05, 0.1) is 0 Å². The molecule has 1 aromatic rings. The average Bonchev–Trinajstić information content (AvgIpc) is 2.26. The Morgan fingerprint density at radius 2 is 2.00 bits per heavy atom. The van der Waals surface area contributed by atoms with Crippen molar-refractivity contribution in [1.82, 2.24) is 5.32 Å². The van der Waals surface area contributed by atoms with Gasteiger partial charge in [-0.15, -0.1) is 0 Å². The Balaban J connectivity index is 2.46. The van der Waals surface area contributed by atoms with E-state index in [1.807, 2.05) is 38.1 Å². The number of thiocarbonyl (C=S) groups is 1. The molecule has 0 aliphatic heterocycles. The van der Waals surface area contributed by atoms with Crippen molar-refractivity contribution < 1.29 is 0 Å². The first-order valence-electron chi connectivity index (χ1n) is 4.69. The van der Waals surface area contributed by atoms with Crippen LogP contribution < -0.4 is 5.32 Å². The van der Waals surface area contributed by atoms with E-state index in [4.69, 9.17) is 12.2 Å². The molecule has 0 unspecified atom stereocenters. The molecule has 0 heterocycles. The SMILES string of the molecule is C/C=C(\C)C(=S)NCc1ccccc1. The van der Waals surface area contributed by atoms with Crippen LogP contribution in [0.25, 0.3) is 0 Å². The molecule has 1 nitrogen and oxygen atoms in total. The predicted molar refractivity (Wildman–Crippen MR) is 65.3 cm³/mol. The van der Waals surface area contributed by atoms with Crippen molar-refractivity contribution in [1.29, 1.82) is 0 Å². The van der Waals surface area contributed by atoms with Crippen molar-refractivity contribution in [3.63, 3.8) is 0 Å². The van der Waals surface area contributed by atoms with Gasteiger partial charge >= 0.3 is 0 Å². The number of hydrogen-bond donors (Lipinski definition) is 1. The molecule has 0 fully saturated rings. The molecule has 0 aliphatic carbocycles. The lowest BCUT2D eigenvalue weighted by atomic mass is 10.2. The van der Waals surface area contributed by atoms with Gasteiger partial charge in [-0.05, 0) is 25.0 Å². The lowest BCUT2D eigenvalue weighted by molar-refractivity contribution is 0.926. The second-order valence-electron chi connectivity index (χ2n) is 3.14. The Labute approximate surface area is 90.8 Å². The largest absolute Gasteiger partial charge is 0.372 e. The fourth-order valence-corrected chi connectivity index (χ4v) is 1.24. The molecule has 1 aromatic carbocycles. The van der Waals surface area contributed by atoms with E-state index in [1.165, 1.54) is 5.56 Å². The maximum Gasteiger partial charge on any atom is 0.102 e. The summed E-state index contributed by atoms with van der Waals surface area (Å²) in [4.78, 5) is 0.830. The third kappa shape index (κ3) is 3.30. The molecule has 0 atom stereocenters. The Morgan fingerprint density at radius 3 is 2.57 bits per heavy atom. The van der Waals surface area contributed by atoms with Gasteiger partial charge in [-0.2, -0.15) is 0 Å². The summed E-state index contributed by atoms with van der Waals surface area (Å²) >= 11 is 5.20. The lowest BCUT2D eigenvalue weighted by Gasteiger charge is -2.07. The van der Waals surface area contributed by atoms with Crippen LogP contribution in [0, 0.1) is 0 Å². The quantitative estimate of drug-likeness (QED) is 0.601. The van der Waals surface area contributed by atoms with Crippen LogP contribution in [0.15, 0.2) is 42.0 Å². The molecule has 2 heteroatoms. The van der Waals surface area contributed by atoms with Gasteiger partial charge in [0.15, 0.2) is 0 Å². The van der Waals surface area contributed by atoms with Gasteiger partial charge in [0.1, 0.15) is 4.99 Å². The van der Waals surface area contributed by atoms with Crippen molar-refractivity contribution in [3.8, 4) is 0 Å². The first-order chi connectivity index (χ1) is 6.74. The summed E-state index contributed by atoms with van der Waals surface area (Å²) in [6, 6.07) is 10.2. The highest BCUT2D eigenvalue weighted by Gasteiger charge is 1.97. The lowest BCUT2D eigenvalue weighted by Crippen LogP contribution is -2.21. The van der Waals surface area contributed by atoms with E-state index in [9.17, 15) is 0 Å². The predicted octanol–water partition coefficient (Wildman–Crippen LogP) is 3.07. The molecule has 0 radical (unpaired) electrons. The zero-order valence-corrected chi connectivity index (χ0v) is 9.40. The number of rotatable bonds is 3. The van der Waals surface area contributed by atoms with Crippen LogP contribution in [-0.2, 0) is 6.54 Å². The van der Waals surface area contributed by atoms with Crippen molar-refractivity contribution >= 4 is 17.2 Å². The summed E-state index contributed by atoms with van der Waals surface area (Å²) in [7, 11) is 0. The van der Waals surface area contributed by atoms with Crippen LogP contribution in [0.4, 0.5) is 0 Å². The summed E-state index contributed by atoms with van der Waals surface area (Å²) in [5.74, 6) is 0. The molecule has 0 spiro atoms. The van der Waals surface area contributed by atoms with Crippen LogP contribution in [0.2, 0.25) is 0 Å². The molecule has 0 saturated heterocycles. The van der Waals surface area contributed by atoms with Gasteiger partial charge in [-0.3, -0.25) is 0 Å². The Kier molecular flexibility index (Phi) is 4.33. The van der Waals surface area contributed by atoms with E-state index in [-0.39, 0.29) is 0 Å². The third-order valence-corrected chi connectivity index (χ3v) is 2.55. The molecule has 0 amide bonds. The first-order valence-corrected chi connectivity index (χ1v) is 5.10. The fraction of sp³-hybridized carbons (Fsp3) is 0.250. The molecular formula is C12H15NS. The second-order valence-corrected chi connectivity index (χ2v) is 3.55. The van der Waals surface area contributed by atoms with E-state index < -0.39 is 0 Å². The fourth-order valence-electron chi connectivity index (χ4n) is 1.05. The summed E-state index contributed by atoms with van der Waals surface area (Å²) in [5.41, 5.74) is 2.37. The highest BCUT2D eigenvalue weighted by molar-refractivity contribution is 7.80. The van der Waals surface area contributed by atoms with Gasteiger partial charge in [0, 0.05) is 6.54 Å². The molecular weight excluding hydrogens is 190 g/mol. The molecule has 0 aliphatic rings. The third-order valence-electron chi connectivity index (χ3n) is 2.09. The van der Waals surface area contributed by atoms with Crippen LogP contribution >= 0.6 is 12.2 Å². The molecule has 1 N–H and O–H groups in total. The van der Waals surface area contributed by atoms with Gasteiger partial charge in [-0.25, -0.2) is 0 Å². The normalized spacial score (nSPS) is 11.1. The summed E-state index contributed by atoms with van der Waals surface area (Å²) in [6.07, 6.45) is 2.01. The van der Waals surface area contributed by atoms with E-state index in [2.05, 4.69) is 17.4 Å². The summed E-state index contributed by atoms with van der Waals surface area (Å²) in [6.45, 7) is 4.80. The van der Waals surface area contributed by atoms with Crippen molar-refractivity contribution in [2.75, 3.05) is 0 Å². The van der Waals surface area contributed by atoms with Gasteiger partial charge in [0.2, 0.25) is 0 Å². The Bertz CT molecular complexity index is 327. The molecule has 0 aromatic heterocycles. The monoisotopic (exact) mass is 205 g/mol. The highest BCUT2D eigenvalue weighted by Crippen LogP contribution is 1.99. The molecule has 74 valence electrons.